The molecule has 1 fully saturated rings. The summed E-state index contributed by atoms with van der Waals surface area (Å²) in [5.74, 6) is 0.704. The number of para-hydroxylation sites is 1. The Bertz CT molecular complexity index is 382. The SMILES string of the molecule is CC(CC1CC1)Nc1ccccc1C(F)(F)F. The normalized spacial score (nSPS) is 17.9. The summed E-state index contributed by atoms with van der Waals surface area (Å²) in [7, 11) is 0. The van der Waals surface area contributed by atoms with E-state index in [9.17, 15) is 13.2 Å². The fourth-order valence-electron chi connectivity index (χ4n) is 2.03. The number of alkyl halides is 3. The molecule has 1 saturated carbocycles. The van der Waals surface area contributed by atoms with Crippen LogP contribution in [0.25, 0.3) is 0 Å². The molecular weight excluding hydrogens is 227 g/mol. The predicted molar refractivity (Wildman–Crippen MR) is 61.9 cm³/mol. The van der Waals surface area contributed by atoms with Crippen molar-refractivity contribution in [2.75, 3.05) is 5.32 Å². The maximum Gasteiger partial charge on any atom is 0.418 e. The van der Waals surface area contributed by atoms with Gasteiger partial charge in [-0.15, -0.1) is 0 Å². The van der Waals surface area contributed by atoms with Crippen molar-refractivity contribution >= 4 is 5.69 Å². The van der Waals surface area contributed by atoms with Crippen molar-refractivity contribution in [3.8, 4) is 0 Å². The molecule has 0 heterocycles. The molecule has 1 N–H and O–H groups in total. The molecule has 2 rings (SSSR count). The highest BCUT2D eigenvalue weighted by Gasteiger charge is 2.33. The fraction of sp³-hybridized carbons (Fsp3) is 0.538. The molecule has 94 valence electrons. The lowest BCUT2D eigenvalue weighted by Crippen LogP contribution is -2.19. The highest BCUT2D eigenvalue weighted by molar-refractivity contribution is 5.53. The third-order valence-corrected chi connectivity index (χ3v) is 3.02. The molecule has 1 aliphatic carbocycles. The maximum atomic E-state index is 12.7. The van der Waals surface area contributed by atoms with Crippen LogP contribution in [0, 0.1) is 5.92 Å². The number of halogens is 3. The van der Waals surface area contributed by atoms with Gasteiger partial charge in [-0.05, 0) is 31.4 Å². The number of nitrogens with one attached hydrogen (secondary N) is 1. The van der Waals surface area contributed by atoms with E-state index in [-0.39, 0.29) is 11.7 Å². The molecule has 0 aromatic heterocycles. The molecule has 0 spiro atoms. The van der Waals surface area contributed by atoms with Gasteiger partial charge in [0.2, 0.25) is 0 Å². The summed E-state index contributed by atoms with van der Waals surface area (Å²) in [6, 6.07) is 5.74. The molecule has 0 radical (unpaired) electrons. The van der Waals surface area contributed by atoms with Crippen LogP contribution in [0.5, 0.6) is 0 Å². The monoisotopic (exact) mass is 243 g/mol. The summed E-state index contributed by atoms with van der Waals surface area (Å²) in [6.07, 6.45) is -0.908. The number of hydrogen-bond donors (Lipinski definition) is 1. The fourth-order valence-corrected chi connectivity index (χ4v) is 2.03. The molecule has 1 aliphatic rings. The van der Waals surface area contributed by atoms with E-state index in [0.29, 0.717) is 5.92 Å². The van der Waals surface area contributed by atoms with Crippen LogP contribution >= 0.6 is 0 Å². The van der Waals surface area contributed by atoms with Gasteiger partial charge >= 0.3 is 6.18 Å². The molecule has 0 saturated heterocycles. The number of anilines is 1. The lowest BCUT2D eigenvalue weighted by molar-refractivity contribution is -0.137. The Labute approximate surface area is 99.0 Å². The summed E-state index contributed by atoms with van der Waals surface area (Å²) >= 11 is 0. The van der Waals surface area contributed by atoms with Gasteiger partial charge < -0.3 is 5.32 Å². The lowest BCUT2D eigenvalue weighted by atomic mass is 10.1. The van der Waals surface area contributed by atoms with Crippen LogP contribution in [0.2, 0.25) is 0 Å². The molecule has 1 unspecified atom stereocenters. The van der Waals surface area contributed by atoms with Crippen LogP contribution < -0.4 is 5.32 Å². The average Bonchev–Trinajstić information content (AvgIpc) is 3.00. The van der Waals surface area contributed by atoms with Crippen LogP contribution in [0.1, 0.15) is 31.7 Å². The van der Waals surface area contributed by atoms with Gasteiger partial charge in [-0.3, -0.25) is 0 Å². The van der Waals surface area contributed by atoms with Gasteiger partial charge in [-0.25, -0.2) is 0 Å². The van der Waals surface area contributed by atoms with Gasteiger partial charge in [0.1, 0.15) is 0 Å². The van der Waals surface area contributed by atoms with Crippen LogP contribution in [0.15, 0.2) is 24.3 Å². The quantitative estimate of drug-likeness (QED) is 0.831. The molecule has 0 bridgehead atoms. The van der Waals surface area contributed by atoms with E-state index in [0.717, 1.165) is 12.5 Å². The summed E-state index contributed by atoms with van der Waals surface area (Å²) in [5.41, 5.74) is -0.393. The van der Waals surface area contributed by atoms with Gasteiger partial charge in [0.25, 0.3) is 0 Å². The van der Waals surface area contributed by atoms with Crippen LogP contribution in [0.3, 0.4) is 0 Å². The summed E-state index contributed by atoms with van der Waals surface area (Å²) < 4.78 is 38.2. The molecule has 0 amide bonds. The van der Waals surface area contributed by atoms with Crippen molar-refractivity contribution in [3.63, 3.8) is 0 Å². The smallest absolute Gasteiger partial charge is 0.382 e. The minimum absolute atomic E-state index is 0.0889. The third kappa shape index (κ3) is 3.38. The number of hydrogen-bond acceptors (Lipinski definition) is 1. The Morgan fingerprint density at radius 3 is 2.53 bits per heavy atom. The summed E-state index contributed by atoms with van der Waals surface area (Å²) in [4.78, 5) is 0. The molecule has 4 heteroatoms. The first-order valence-electron chi connectivity index (χ1n) is 5.89. The standard InChI is InChI=1S/C13H16F3N/c1-9(8-10-6-7-10)17-12-5-3-2-4-11(12)13(14,15)16/h2-5,9-10,17H,6-8H2,1H3. The van der Waals surface area contributed by atoms with Crippen LogP contribution in [-0.4, -0.2) is 6.04 Å². The van der Waals surface area contributed by atoms with Gasteiger partial charge in [0, 0.05) is 11.7 Å². The van der Waals surface area contributed by atoms with E-state index in [1.165, 1.54) is 25.0 Å². The van der Waals surface area contributed by atoms with Crippen molar-refractivity contribution < 1.29 is 13.2 Å². The first-order chi connectivity index (χ1) is 7.97. The largest absolute Gasteiger partial charge is 0.418 e. The van der Waals surface area contributed by atoms with Gasteiger partial charge in [-0.1, -0.05) is 25.0 Å². The Morgan fingerprint density at radius 1 is 1.29 bits per heavy atom. The number of rotatable bonds is 4. The molecule has 17 heavy (non-hydrogen) atoms. The van der Waals surface area contributed by atoms with Crippen LogP contribution in [-0.2, 0) is 6.18 Å². The van der Waals surface area contributed by atoms with Crippen molar-refractivity contribution in [2.24, 2.45) is 5.92 Å². The Balaban J connectivity index is 2.08. The first-order valence-corrected chi connectivity index (χ1v) is 5.89. The first kappa shape index (κ1) is 12.3. The van der Waals surface area contributed by atoms with E-state index in [1.54, 1.807) is 6.07 Å². The van der Waals surface area contributed by atoms with E-state index in [2.05, 4.69) is 5.32 Å². The van der Waals surface area contributed by atoms with E-state index >= 15 is 0 Å². The molecular formula is C13H16F3N. The zero-order valence-electron chi connectivity index (χ0n) is 9.72. The zero-order chi connectivity index (χ0) is 12.5. The minimum atomic E-state index is -4.29. The summed E-state index contributed by atoms with van der Waals surface area (Å²) in [5, 5.41) is 2.97. The Kier molecular flexibility index (Phi) is 3.31. The van der Waals surface area contributed by atoms with E-state index in [4.69, 9.17) is 0 Å². The van der Waals surface area contributed by atoms with Crippen molar-refractivity contribution in [1.29, 1.82) is 0 Å². The maximum absolute atomic E-state index is 12.7. The highest BCUT2D eigenvalue weighted by Crippen LogP contribution is 2.37. The highest BCUT2D eigenvalue weighted by atomic mass is 19.4. The molecule has 0 aliphatic heterocycles. The number of benzene rings is 1. The zero-order valence-corrected chi connectivity index (χ0v) is 9.72. The van der Waals surface area contributed by atoms with E-state index in [1.807, 2.05) is 6.92 Å². The second kappa shape index (κ2) is 4.59. The van der Waals surface area contributed by atoms with Crippen molar-refractivity contribution in [3.05, 3.63) is 29.8 Å². The molecule has 1 aromatic carbocycles. The summed E-state index contributed by atoms with van der Waals surface area (Å²) in [6.45, 7) is 1.94. The lowest BCUT2D eigenvalue weighted by Gasteiger charge is -2.19. The topological polar surface area (TPSA) is 12.0 Å². The third-order valence-electron chi connectivity index (χ3n) is 3.02. The molecule has 1 atom stereocenters. The second-order valence-corrected chi connectivity index (χ2v) is 4.77. The van der Waals surface area contributed by atoms with Crippen molar-refractivity contribution in [2.45, 2.75) is 38.4 Å². The van der Waals surface area contributed by atoms with Gasteiger partial charge in [0.05, 0.1) is 5.56 Å². The Hall–Kier alpha value is -1.19. The van der Waals surface area contributed by atoms with Gasteiger partial charge in [-0.2, -0.15) is 13.2 Å². The minimum Gasteiger partial charge on any atom is -0.382 e. The molecule has 1 nitrogen and oxygen atoms in total. The Morgan fingerprint density at radius 2 is 1.94 bits per heavy atom. The van der Waals surface area contributed by atoms with E-state index < -0.39 is 11.7 Å². The van der Waals surface area contributed by atoms with Gasteiger partial charge in [0.15, 0.2) is 0 Å². The predicted octanol–water partition coefficient (Wildman–Crippen LogP) is 4.31. The average molecular weight is 243 g/mol. The van der Waals surface area contributed by atoms with Crippen LogP contribution in [0.4, 0.5) is 18.9 Å². The molecule has 1 aromatic rings. The second-order valence-electron chi connectivity index (χ2n) is 4.77. The van der Waals surface area contributed by atoms with Crippen molar-refractivity contribution in [1.82, 2.24) is 0 Å².